The van der Waals surface area contributed by atoms with Crippen LogP contribution < -0.4 is 16.1 Å². The van der Waals surface area contributed by atoms with Crippen molar-refractivity contribution in [1.29, 1.82) is 0 Å². The summed E-state index contributed by atoms with van der Waals surface area (Å²) in [5.41, 5.74) is -0.118. The van der Waals surface area contributed by atoms with Crippen LogP contribution in [-0.2, 0) is 20.3 Å². The first kappa shape index (κ1) is 22.8. The fourth-order valence-electron chi connectivity index (χ4n) is 2.96. The fourth-order valence-corrected chi connectivity index (χ4v) is 4.52. The summed E-state index contributed by atoms with van der Waals surface area (Å²) < 4.78 is 24.4. The molecule has 1 unspecified atom stereocenters. The van der Waals surface area contributed by atoms with E-state index in [0.717, 1.165) is 0 Å². The summed E-state index contributed by atoms with van der Waals surface area (Å²) in [6, 6.07) is 10.1. The highest BCUT2D eigenvalue weighted by atomic mass is 35.5. The minimum atomic E-state index is -3.87. The maximum Gasteiger partial charge on any atom is 0.296 e. The predicted molar refractivity (Wildman–Crippen MR) is 116 cm³/mol. The molecule has 162 valence electrons. The Kier molecular flexibility index (Phi) is 6.65. The topological polar surface area (TPSA) is 137 Å². The highest BCUT2D eigenvalue weighted by molar-refractivity contribution is 7.92. The van der Waals surface area contributed by atoms with Crippen LogP contribution in [0.3, 0.4) is 0 Å². The number of benzene rings is 2. The van der Waals surface area contributed by atoms with E-state index in [-0.39, 0.29) is 26.7 Å². The number of alkyl halides is 1. The molecule has 1 aliphatic heterocycles. The molecule has 0 aromatic heterocycles. The van der Waals surface area contributed by atoms with Crippen LogP contribution in [0.15, 0.2) is 64.6 Å². The average molecular weight is 483 g/mol. The van der Waals surface area contributed by atoms with E-state index in [1.54, 1.807) is 5.48 Å². The summed E-state index contributed by atoms with van der Waals surface area (Å²) in [5, 5.41) is 13.7. The van der Waals surface area contributed by atoms with Crippen molar-refractivity contribution in [3.05, 3.63) is 70.9 Å². The number of carbonyl (C=O) groups excluding carboxylic acids is 2. The van der Waals surface area contributed by atoms with E-state index >= 15 is 0 Å². The summed E-state index contributed by atoms with van der Waals surface area (Å²) in [4.78, 5) is 29.1. The molecule has 2 amide bonds. The van der Waals surface area contributed by atoms with Crippen molar-refractivity contribution < 1.29 is 23.2 Å². The maximum atomic E-state index is 12.9. The molecule has 0 saturated heterocycles. The Balaban J connectivity index is 2.03. The number of nitrogens with one attached hydrogen (secondary N) is 3. The van der Waals surface area contributed by atoms with Crippen molar-refractivity contribution in [2.45, 2.75) is 10.6 Å². The number of amides is 2. The molecular weight excluding hydrogens is 467 g/mol. The Labute approximate surface area is 187 Å². The molecule has 0 fully saturated rings. The van der Waals surface area contributed by atoms with Gasteiger partial charge in [-0.3, -0.25) is 19.8 Å². The minimum absolute atomic E-state index is 0.0444. The smallest absolute Gasteiger partial charge is 0.296 e. The molecule has 3 rings (SSSR count). The van der Waals surface area contributed by atoms with Crippen molar-refractivity contribution in [3.63, 3.8) is 0 Å². The van der Waals surface area contributed by atoms with Gasteiger partial charge in [0.2, 0.25) is 5.66 Å². The van der Waals surface area contributed by atoms with Crippen LogP contribution in [-0.4, -0.2) is 36.9 Å². The second-order valence-electron chi connectivity index (χ2n) is 6.27. The van der Waals surface area contributed by atoms with Gasteiger partial charge in [0.05, 0.1) is 21.2 Å². The van der Waals surface area contributed by atoms with Gasteiger partial charge in [-0.15, -0.1) is 11.6 Å². The van der Waals surface area contributed by atoms with Crippen molar-refractivity contribution in [2.75, 3.05) is 10.5 Å². The summed E-state index contributed by atoms with van der Waals surface area (Å²) in [7, 11) is -3.87. The van der Waals surface area contributed by atoms with Gasteiger partial charge >= 0.3 is 0 Å². The molecule has 2 aromatic carbocycles. The SMILES string of the molecule is O=C(Nc1cccc(C2(C(=O)NO)N=CC=CN2)c1Cl)c1ccccc1S(=O)(=O)CCl. The number of aliphatic imine (C=N–C) groups is 1. The maximum absolute atomic E-state index is 12.9. The molecule has 1 heterocycles. The minimum Gasteiger partial charge on any atom is -0.356 e. The standard InChI is InChI=1S/C19H16Cl2N4O5S/c20-11-31(29,30)15-8-2-1-5-12(15)17(26)24-14-7-3-6-13(16(14)21)19(18(27)25-28)22-9-4-10-23-19/h1-10,22,28H,11H2,(H,24,26)(H,25,27). The number of carbonyl (C=O) groups is 2. The number of hydroxylamine groups is 1. The van der Waals surface area contributed by atoms with Gasteiger partial charge < -0.3 is 10.6 Å². The largest absolute Gasteiger partial charge is 0.356 e. The van der Waals surface area contributed by atoms with E-state index in [4.69, 9.17) is 23.2 Å². The Morgan fingerprint density at radius 3 is 2.55 bits per heavy atom. The number of allylic oxidation sites excluding steroid dienone is 1. The van der Waals surface area contributed by atoms with Gasteiger partial charge in [0.15, 0.2) is 9.84 Å². The third-order valence-electron chi connectivity index (χ3n) is 4.42. The normalized spacial score (nSPS) is 17.6. The molecule has 0 saturated carbocycles. The monoisotopic (exact) mass is 482 g/mol. The van der Waals surface area contributed by atoms with Crippen molar-refractivity contribution in [1.82, 2.24) is 10.8 Å². The molecule has 12 heteroatoms. The van der Waals surface area contributed by atoms with E-state index < -0.39 is 32.5 Å². The Morgan fingerprint density at radius 1 is 1.16 bits per heavy atom. The Bertz CT molecular complexity index is 1200. The zero-order valence-electron chi connectivity index (χ0n) is 15.7. The lowest BCUT2D eigenvalue weighted by molar-refractivity contribution is -0.136. The molecule has 9 nitrogen and oxygen atoms in total. The molecule has 4 N–H and O–H groups in total. The summed E-state index contributed by atoms with van der Waals surface area (Å²) in [6.07, 6.45) is 4.33. The zero-order chi connectivity index (χ0) is 22.6. The molecule has 1 atom stereocenters. The van der Waals surface area contributed by atoms with E-state index in [9.17, 15) is 23.2 Å². The summed E-state index contributed by atoms with van der Waals surface area (Å²) in [5.74, 6) is -1.65. The number of hydrogen-bond acceptors (Lipinski definition) is 7. The van der Waals surface area contributed by atoms with Gasteiger partial charge in [-0.25, -0.2) is 13.9 Å². The molecule has 31 heavy (non-hydrogen) atoms. The Morgan fingerprint density at radius 2 is 1.90 bits per heavy atom. The second kappa shape index (κ2) is 9.06. The van der Waals surface area contributed by atoms with Gasteiger partial charge in [0.25, 0.3) is 11.8 Å². The molecule has 0 radical (unpaired) electrons. The van der Waals surface area contributed by atoms with Crippen molar-refractivity contribution in [3.8, 4) is 0 Å². The van der Waals surface area contributed by atoms with E-state index in [1.165, 1.54) is 61.0 Å². The predicted octanol–water partition coefficient (Wildman–Crippen LogP) is 2.41. The molecule has 0 spiro atoms. The van der Waals surface area contributed by atoms with Crippen LogP contribution in [0.2, 0.25) is 5.02 Å². The Hall–Kier alpha value is -2.92. The molecule has 0 bridgehead atoms. The molecular formula is C19H16Cl2N4O5S. The van der Waals surface area contributed by atoms with Crippen LogP contribution in [0.25, 0.3) is 0 Å². The summed E-state index contributed by atoms with van der Waals surface area (Å²) in [6.45, 7) is 0. The lowest BCUT2D eigenvalue weighted by atomic mass is 9.97. The van der Waals surface area contributed by atoms with Crippen molar-refractivity contribution in [2.24, 2.45) is 4.99 Å². The van der Waals surface area contributed by atoms with Crippen molar-refractivity contribution >= 4 is 56.8 Å². The number of nitrogens with zero attached hydrogens (tertiary/aromatic N) is 1. The summed E-state index contributed by atoms with van der Waals surface area (Å²) >= 11 is 12.0. The van der Waals surface area contributed by atoms with Crippen LogP contribution in [0.4, 0.5) is 5.69 Å². The van der Waals surface area contributed by atoms with Gasteiger partial charge in [0.1, 0.15) is 5.21 Å². The second-order valence-corrected chi connectivity index (χ2v) is 9.19. The van der Waals surface area contributed by atoms with E-state index in [0.29, 0.717) is 0 Å². The first-order valence-electron chi connectivity index (χ1n) is 8.67. The van der Waals surface area contributed by atoms with Crippen LogP contribution >= 0.6 is 23.2 Å². The number of rotatable bonds is 6. The van der Waals surface area contributed by atoms with Gasteiger partial charge in [-0.1, -0.05) is 35.9 Å². The van der Waals surface area contributed by atoms with Crippen LogP contribution in [0.1, 0.15) is 15.9 Å². The highest BCUT2D eigenvalue weighted by Crippen LogP contribution is 2.36. The van der Waals surface area contributed by atoms with Crippen LogP contribution in [0.5, 0.6) is 0 Å². The third kappa shape index (κ3) is 4.28. The lowest BCUT2D eigenvalue weighted by Gasteiger charge is -2.31. The lowest BCUT2D eigenvalue weighted by Crippen LogP contribution is -2.51. The first-order valence-corrected chi connectivity index (χ1v) is 11.2. The number of halogens is 2. The van der Waals surface area contributed by atoms with Gasteiger partial charge in [-0.05, 0) is 24.3 Å². The van der Waals surface area contributed by atoms with E-state index in [2.05, 4.69) is 15.6 Å². The van der Waals surface area contributed by atoms with E-state index in [1.807, 2.05) is 0 Å². The van der Waals surface area contributed by atoms with Gasteiger partial charge in [-0.2, -0.15) is 0 Å². The molecule has 0 aliphatic carbocycles. The average Bonchev–Trinajstić information content (AvgIpc) is 2.80. The molecule has 1 aliphatic rings. The first-order chi connectivity index (χ1) is 14.8. The molecule has 2 aromatic rings. The number of hydrogen-bond donors (Lipinski definition) is 4. The quantitative estimate of drug-likeness (QED) is 0.283. The third-order valence-corrected chi connectivity index (χ3v) is 7.00. The fraction of sp³-hybridized carbons (Fsp3) is 0.105. The number of anilines is 1. The number of sulfone groups is 1. The highest BCUT2D eigenvalue weighted by Gasteiger charge is 2.42. The van der Waals surface area contributed by atoms with Gasteiger partial charge in [0, 0.05) is 18.0 Å². The zero-order valence-corrected chi connectivity index (χ0v) is 18.0. The van der Waals surface area contributed by atoms with Crippen LogP contribution in [0, 0.1) is 0 Å².